The molecule has 2 N–H and O–H groups in total. The standard InChI is InChI=1S/C15H21N3O3/c1-3-21-15(19)13-11-12(17)5-6-14(13)18(8-4-7-16)9-10-20-2/h5-6,11H,3-4,8-10,17H2,1-2H3. The van der Waals surface area contributed by atoms with Gasteiger partial charge in [0, 0.05) is 25.9 Å². The van der Waals surface area contributed by atoms with Gasteiger partial charge in [-0.3, -0.25) is 0 Å². The zero-order valence-corrected chi connectivity index (χ0v) is 12.5. The maximum Gasteiger partial charge on any atom is 0.340 e. The number of nitriles is 1. The summed E-state index contributed by atoms with van der Waals surface area (Å²) in [4.78, 5) is 14.0. The summed E-state index contributed by atoms with van der Waals surface area (Å²) in [5.74, 6) is -0.417. The molecule has 1 aromatic carbocycles. The average molecular weight is 291 g/mol. The Hall–Kier alpha value is -2.26. The molecule has 0 aliphatic heterocycles. The van der Waals surface area contributed by atoms with Gasteiger partial charge in [0.25, 0.3) is 0 Å². The van der Waals surface area contributed by atoms with Crippen LogP contribution < -0.4 is 10.6 Å². The van der Waals surface area contributed by atoms with Crippen LogP contribution in [0.4, 0.5) is 11.4 Å². The number of ether oxygens (including phenoxy) is 2. The maximum atomic E-state index is 12.1. The largest absolute Gasteiger partial charge is 0.462 e. The molecule has 1 rings (SSSR count). The summed E-state index contributed by atoms with van der Waals surface area (Å²) in [7, 11) is 1.61. The highest BCUT2D eigenvalue weighted by atomic mass is 16.5. The fourth-order valence-electron chi connectivity index (χ4n) is 1.94. The monoisotopic (exact) mass is 291 g/mol. The number of benzene rings is 1. The number of hydrogen-bond donors (Lipinski definition) is 1. The second-order valence-electron chi connectivity index (χ2n) is 4.39. The third-order valence-corrected chi connectivity index (χ3v) is 2.92. The Balaban J connectivity index is 3.10. The number of carbonyl (C=O) groups is 1. The van der Waals surface area contributed by atoms with E-state index in [1.54, 1.807) is 32.2 Å². The van der Waals surface area contributed by atoms with Crippen LogP contribution in [-0.4, -0.2) is 39.4 Å². The van der Waals surface area contributed by atoms with Gasteiger partial charge in [0.15, 0.2) is 0 Å². The molecule has 0 spiro atoms. The van der Waals surface area contributed by atoms with Crippen molar-refractivity contribution in [3.05, 3.63) is 23.8 Å². The second kappa shape index (κ2) is 8.82. The quantitative estimate of drug-likeness (QED) is 0.580. The number of methoxy groups -OCH3 is 1. The summed E-state index contributed by atoms with van der Waals surface area (Å²) in [5.41, 5.74) is 7.36. The number of nitrogens with two attached hydrogens (primary N) is 1. The molecule has 114 valence electrons. The fraction of sp³-hybridized carbons (Fsp3) is 0.467. The van der Waals surface area contributed by atoms with E-state index in [0.717, 1.165) is 0 Å². The van der Waals surface area contributed by atoms with Crippen LogP contribution in [0.15, 0.2) is 18.2 Å². The van der Waals surface area contributed by atoms with Crippen LogP contribution in [0.25, 0.3) is 0 Å². The average Bonchev–Trinajstić information content (AvgIpc) is 2.48. The van der Waals surface area contributed by atoms with Crippen molar-refractivity contribution in [2.24, 2.45) is 0 Å². The number of anilines is 2. The summed E-state index contributed by atoms with van der Waals surface area (Å²) >= 11 is 0. The Labute approximate surface area is 125 Å². The van der Waals surface area contributed by atoms with Crippen molar-refractivity contribution in [3.63, 3.8) is 0 Å². The molecule has 0 saturated heterocycles. The first-order valence-corrected chi connectivity index (χ1v) is 6.81. The van der Waals surface area contributed by atoms with Gasteiger partial charge in [-0.1, -0.05) is 0 Å². The zero-order chi connectivity index (χ0) is 15.7. The lowest BCUT2D eigenvalue weighted by atomic mass is 10.1. The molecule has 0 radical (unpaired) electrons. The molecule has 1 aromatic rings. The zero-order valence-electron chi connectivity index (χ0n) is 12.5. The number of hydrogen-bond acceptors (Lipinski definition) is 6. The Morgan fingerprint density at radius 2 is 2.19 bits per heavy atom. The predicted molar refractivity (Wildman–Crippen MR) is 81.1 cm³/mol. The van der Waals surface area contributed by atoms with Crippen molar-refractivity contribution >= 4 is 17.3 Å². The van der Waals surface area contributed by atoms with Gasteiger partial charge in [0.1, 0.15) is 0 Å². The summed E-state index contributed by atoms with van der Waals surface area (Å²) in [5, 5.41) is 8.77. The van der Waals surface area contributed by atoms with Crippen LogP contribution in [-0.2, 0) is 9.47 Å². The Morgan fingerprint density at radius 3 is 2.81 bits per heavy atom. The first-order chi connectivity index (χ1) is 10.1. The lowest BCUT2D eigenvalue weighted by Crippen LogP contribution is -2.30. The van der Waals surface area contributed by atoms with E-state index in [2.05, 4.69) is 6.07 Å². The van der Waals surface area contributed by atoms with E-state index < -0.39 is 5.97 Å². The summed E-state index contributed by atoms with van der Waals surface area (Å²) < 4.78 is 10.1. The second-order valence-corrected chi connectivity index (χ2v) is 4.39. The molecule has 0 bridgehead atoms. The van der Waals surface area contributed by atoms with E-state index in [4.69, 9.17) is 20.5 Å². The van der Waals surface area contributed by atoms with Gasteiger partial charge in [-0.25, -0.2) is 4.79 Å². The summed E-state index contributed by atoms with van der Waals surface area (Å²) in [6, 6.07) is 7.20. The van der Waals surface area contributed by atoms with Crippen LogP contribution in [0.2, 0.25) is 0 Å². The first-order valence-electron chi connectivity index (χ1n) is 6.81. The maximum absolute atomic E-state index is 12.1. The third kappa shape index (κ3) is 4.97. The number of rotatable bonds is 8. The molecule has 0 aliphatic carbocycles. The van der Waals surface area contributed by atoms with Crippen molar-refractivity contribution in [2.75, 3.05) is 44.0 Å². The van der Waals surface area contributed by atoms with Crippen LogP contribution in [0.5, 0.6) is 0 Å². The summed E-state index contributed by atoms with van der Waals surface area (Å²) in [6.07, 6.45) is 0.357. The van der Waals surface area contributed by atoms with E-state index in [-0.39, 0.29) is 0 Å². The van der Waals surface area contributed by atoms with E-state index in [1.165, 1.54) is 0 Å². The van der Waals surface area contributed by atoms with Crippen LogP contribution in [0.3, 0.4) is 0 Å². The minimum atomic E-state index is -0.417. The van der Waals surface area contributed by atoms with Gasteiger partial charge in [0.05, 0.1) is 37.0 Å². The molecule has 0 fully saturated rings. The third-order valence-electron chi connectivity index (χ3n) is 2.92. The van der Waals surface area contributed by atoms with Gasteiger partial charge < -0.3 is 20.1 Å². The Bertz CT molecular complexity index is 511. The van der Waals surface area contributed by atoms with Crippen molar-refractivity contribution in [1.29, 1.82) is 5.26 Å². The van der Waals surface area contributed by atoms with E-state index in [9.17, 15) is 4.79 Å². The Morgan fingerprint density at radius 1 is 1.43 bits per heavy atom. The number of nitrogens with zero attached hydrogens (tertiary/aromatic N) is 2. The minimum absolute atomic E-state index is 0.295. The van der Waals surface area contributed by atoms with E-state index in [0.29, 0.717) is 49.7 Å². The molecular formula is C15H21N3O3. The molecule has 6 nitrogen and oxygen atoms in total. The highest BCUT2D eigenvalue weighted by Gasteiger charge is 2.18. The van der Waals surface area contributed by atoms with E-state index in [1.807, 2.05) is 4.90 Å². The molecular weight excluding hydrogens is 270 g/mol. The van der Waals surface area contributed by atoms with Gasteiger partial charge in [-0.2, -0.15) is 5.26 Å². The van der Waals surface area contributed by atoms with Gasteiger partial charge in [-0.15, -0.1) is 0 Å². The first kappa shape index (κ1) is 16.8. The van der Waals surface area contributed by atoms with Crippen LogP contribution >= 0.6 is 0 Å². The van der Waals surface area contributed by atoms with Gasteiger partial charge >= 0.3 is 5.97 Å². The topological polar surface area (TPSA) is 88.6 Å². The van der Waals surface area contributed by atoms with Crippen molar-refractivity contribution in [3.8, 4) is 6.07 Å². The molecule has 0 atom stereocenters. The minimum Gasteiger partial charge on any atom is -0.462 e. The predicted octanol–water partition coefficient (Wildman–Crippen LogP) is 1.81. The normalized spacial score (nSPS) is 9.95. The smallest absolute Gasteiger partial charge is 0.340 e. The highest BCUT2D eigenvalue weighted by Crippen LogP contribution is 2.24. The molecule has 0 amide bonds. The molecule has 0 saturated carbocycles. The van der Waals surface area contributed by atoms with Crippen LogP contribution in [0, 0.1) is 11.3 Å². The molecule has 21 heavy (non-hydrogen) atoms. The fourth-order valence-corrected chi connectivity index (χ4v) is 1.94. The van der Waals surface area contributed by atoms with Crippen LogP contribution in [0.1, 0.15) is 23.7 Å². The van der Waals surface area contributed by atoms with Gasteiger partial charge in [0.2, 0.25) is 0 Å². The summed E-state index contributed by atoms with van der Waals surface area (Å²) in [6.45, 7) is 3.63. The number of esters is 1. The SMILES string of the molecule is CCOC(=O)c1cc(N)ccc1N(CCC#N)CCOC. The van der Waals surface area contributed by atoms with Gasteiger partial charge in [-0.05, 0) is 25.1 Å². The molecule has 0 aliphatic rings. The van der Waals surface area contributed by atoms with Crippen molar-refractivity contribution < 1.29 is 14.3 Å². The number of carbonyl (C=O) groups excluding carboxylic acids is 1. The lowest BCUT2D eigenvalue weighted by Gasteiger charge is -2.25. The van der Waals surface area contributed by atoms with Crippen molar-refractivity contribution in [1.82, 2.24) is 0 Å². The lowest BCUT2D eigenvalue weighted by molar-refractivity contribution is 0.0527. The van der Waals surface area contributed by atoms with Crippen molar-refractivity contribution in [2.45, 2.75) is 13.3 Å². The molecule has 6 heteroatoms. The highest BCUT2D eigenvalue weighted by molar-refractivity contribution is 5.97. The molecule has 0 unspecified atom stereocenters. The molecule has 0 aromatic heterocycles. The Kier molecular flexibility index (Phi) is 7.05. The van der Waals surface area contributed by atoms with E-state index >= 15 is 0 Å². The number of nitrogen functional groups attached to an aromatic ring is 1. The molecule has 0 heterocycles.